The zero-order valence-corrected chi connectivity index (χ0v) is 12.7. The Morgan fingerprint density at radius 3 is 2.85 bits per heavy atom. The second-order valence-corrected chi connectivity index (χ2v) is 5.72. The summed E-state index contributed by atoms with van der Waals surface area (Å²) in [5, 5.41) is 7.91. The molecule has 0 bridgehead atoms. The van der Waals surface area contributed by atoms with Crippen molar-refractivity contribution in [3.05, 3.63) is 40.7 Å². The molecule has 1 aromatic carbocycles. The Morgan fingerprint density at radius 2 is 2.05 bits per heavy atom. The van der Waals surface area contributed by atoms with E-state index in [1.165, 1.54) is 52.9 Å². The number of hydrogen-bond acceptors (Lipinski definition) is 2. The van der Waals surface area contributed by atoms with E-state index in [9.17, 15) is 0 Å². The normalized spacial score (nSPS) is 13.8. The molecule has 3 rings (SSSR count). The zero-order valence-electron chi connectivity index (χ0n) is 12.7. The lowest BCUT2D eigenvalue weighted by molar-refractivity contribution is 0.703. The van der Waals surface area contributed by atoms with Crippen LogP contribution in [0, 0.1) is 6.92 Å². The van der Waals surface area contributed by atoms with Gasteiger partial charge in [0, 0.05) is 31.3 Å². The number of benzene rings is 1. The summed E-state index contributed by atoms with van der Waals surface area (Å²) in [5.41, 5.74) is 8.20. The van der Waals surface area contributed by atoms with E-state index < -0.39 is 0 Å². The number of rotatable bonds is 4. The first-order valence-electron chi connectivity index (χ1n) is 7.50. The second kappa shape index (κ2) is 5.41. The molecule has 1 heterocycles. The van der Waals surface area contributed by atoms with E-state index in [1.807, 2.05) is 18.8 Å². The predicted molar refractivity (Wildman–Crippen MR) is 83.0 cm³/mol. The van der Waals surface area contributed by atoms with Gasteiger partial charge in [-0.25, -0.2) is 0 Å². The van der Waals surface area contributed by atoms with Crippen LogP contribution >= 0.6 is 0 Å². The van der Waals surface area contributed by atoms with Crippen LogP contribution in [0.2, 0.25) is 0 Å². The van der Waals surface area contributed by atoms with Gasteiger partial charge >= 0.3 is 0 Å². The van der Waals surface area contributed by atoms with Gasteiger partial charge < -0.3 is 5.32 Å². The van der Waals surface area contributed by atoms with Crippen LogP contribution in [0.4, 0.5) is 0 Å². The molecule has 0 spiro atoms. The van der Waals surface area contributed by atoms with E-state index in [0.29, 0.717) is 0 Å². The molecule has 2 aromatic rings. The van der Waals surface area contributed by atoms with Gasteiger partial charge in [-0.3, -0.25) is 4.68 Å². The third-order valence-corrected chi connectivity index (χ3v) is 4.41. The first kappa shape index (κ1) is 13.4. The molecule has 106 valence electrons. The van der Waals surface area contributed by atoms with Crippen molar-refractivity contribution in [2.24, 2.45) is 7.05 Å². The molecule has 1 aliphatic rings. The van der Waals surface area contributed by atoms with Crippen LogP contribution in [0.25, 0.3) is 11.1 Å². The summed E-state index contributed by atoms with van der Waals surface area (Å²) >= 11 is 0. The number of nitrogens with zero attached hydrogens (tertiary/aromatic N) is 2. The Labute approximate surface area is 121 Å². The average Bonchev–Trinajstić information content (AvgIpc) is 3.01. The first-order valence-corrected chi connectivity index (χ1v) is 7.50. The highest BCUT2D eigenvalue weighted by Crippen LogP contribution is 2.31. The molecule has 1 N–H and O–H groups in total. The van der Waals surface area contributed by atoms with Gasteiger partial charge in [0.2, 0.25) is 0 Å². The number of aromatic nitrogens is 2. The SMILES string of the molecule is CNCCc1nn(C)c(C)c1-c1ccc2c(c1)CCC2. The maximum absolute atomic E-state index is 4.69. The molecule has 0 amide bonds. The fourth-order valence-electron chi connectivity index (χ4n) is 3.20. The molecule has 0 fully saturated rings. The summed E-state index contributed by atoms with van der Waals surface area (Å²) in [6.07, 6.45) is 4.75. The number of hydrogen-bond donors (Lipinski definition) is 1. The van der Waals surface area contributed by atoms with Crippen molar-refractivity contribution in [3.8, 4) is 11.1 Å². The largest absolute Gasteiger partial charge is 0.319 e. The second-order valence-electron chi connectivity index (χ2n) is 5.72. The zero-order chi connectivity index (χ0) is 14.1. The minimum atomic E-state index is 0.967. The minimum Gasteiger partial charge on any atom is -0.319 e. The molecule has 0 saturated heterocycles. The highest BCUT2D eigenvalue weighted by molar-refractivity contribution is 5.70. The van der Waals surface area contributed by atoms with Crippen LogP contribution < -0.4 is 5.32 Å². The molecule has 1 aliphatic carbocycles. The Bertz CT molecular complexity index is 625. The van der Waals surface area contributed by atoms with Crippen LogP contribution in [-0.4, -0.2) is 23.4 Å². The van der Waals surface area contributed by atoms with Gasteiger partial charge in [0.25, 0.3) is 0 Å². The molecule has 20 heavy (non-hydrogen) atoms. The summed E-state index contributed by atoms with van der Waals surface area (Å²) in [6.45, 7) is 3.13. The van der Waals surface area contributed by atoms with Gasteiger partial charge in [0.1, 0.15) is 0 Å². The quantitative estimate of drug-likeness (QED) is 0.924. The lowest BCUT2D eigenvalue weighted by Gasteiger charge is -2.07. The Balaban J connectivity index is 2.04. The van der Waals surface area contributed by atoms with E-state index >= 15 is 0 Å². The molecule has 0 atom stereocenters. The number of likely N-dealkylation sites (N-methyl/N-ethyl adjacent to an activating group) is 1. The maximum atomic E-state index is 4.69. The summed E-state index contributed by atoms with van der Waals surface area (Å²) in [6, 6.07) is 6.97. The molecule has 0 saturated carbocycles. The summed E-state index contributed by atoms with van der Waals surface area (Å²) in [4.78, 5) is 0. The van der Waals surface area contributed by atoms with Crippen LogP contribution in [0.15, 0.2) is 18.2 Å². The number of nitrogens with one attached hydrogen (secondary N) is 1. The van der Waals surface area contributed by atoms with Gasteiger partial charge in [-0.2, -0.15) is 5.10 Å². The highest BCUT2D eigenvalue weighted by atomic mass is 15.3. The van der Waals surface area contributed by atoms with E-state index in [1.54, 1.807) is 0 Å². The predicted octanol–water partition coefficient (Wildman–Crippen LogP) is 2.65. The van der Waals surface area contributed by atoms with E-state index in [4.69, 9.17) is 5.10 Å². The lowest BCUT2D eigenvalue weighted by Crippen LogP contribution is -2.11. The van der Waals surface area contributed by atoms with Gasteiger partial charge in [-0.1, -0.05) is 18.2 Å². The van der Waals surface area contributed by atoms with Gasteiger partial charge in [-0.15, -0.1) is 0 Å². The molecular formula is C17H23N3. The smallest absolute Gasteiger partial charge is 0.0718 e. The highest BCUT2D eigenvalue weighted by Gasteiger charge is 2.17. The Kier molecular flexibility index (Phi) is 3.62. The van der Waals surface area contributed by atoms with Gasteiger partial charge in [0.05, 0.1) is 5.69 Å². The van der Waals surface area contributed by atoms with E-state index in [0.717, 1.165) is 13.0 Å². The number of fused-ring (bicyclic) bond motifs is 1. The molecular weight excluding hydrogens is 246 g/mol. The van der Waals surface area contributed by atoms with Crippen molar-refractivity contribution >= 4 is 0 Å². The average molecular weight is 269 g/mol. The van der Waals surface area contributed by atoms with Gasteiger partial charge in [0.15, 0.2) is 0 Å². The van der Waals surface area contributed by atoms with Crippen molar-refractivity contribution in [3.63, 3.8) is 0 Å². The monoisotopic (exact) mass is 269 g/mol. The fraction of sp³-hybridized carbons (Fsp3) is 0.471. The molecule has 0 radical (unpaired) electrons. The van der Waals surface area contributed by atoms with Gasteiger partial charge in [-0.05, 0) is 49.9 Å². The molecule has 0 unspecified atom stereocenters. The summed E-state index contributed by atoms with van der Waals surface area (Å²) in [5.74, 6) is 0. The Hall–Kier alpha value is -1.61. The van der Waals surface area contributed by atoms with Crippen LogP contribution in [0.5, 0.6) is 0 Å². The topological polar surface area (TPSA) is 29.9 Å². The third-order valence-electron chi connectivity index (χ3n) is 4.41. The third kappa shape index (κ3) is 2.27. The summed E-state index contributed by atoms with van der Waals surface area (Å²) in [7, 11) is 4.03. The van der Waals surface area contributed by atoms with E-state index in [2.05, 4.69) is 30.4 Å². The Morgan fingerprint density at radius 1 is 1.25 bits per heavy atom. The van der Waals surface area contributed by atoms with Crippen LogP contribution in [-0.2, 0) is 26.3 Å². The van der Waals surface area contributed by atoms with E-state index in [-0.39, 0.29) is 0 Å². The minimum absolute atomic E-state index is 0.967. The molecule has 1 aromatic heterocycles. The standard InChI is InChI=1S/C17H23N3/c1-12-17(16(9-10-18-2)19-20(12)3)15-8-7-13-5-4-6-14(13)11-15/h7-8,11,18H,4-6,9-10H2,1-3H3. The molecule has 3 nitrogen and oxygen atoms in total. The molecule has 0 aliphatic heterocycles. The van der Waals surface area contributed by atoms with Crippen molar-refractivity contribution in [2.45, 2.75) is 32.6 Å². The first-order chi connectivity index (χ1) is 9.70. The van der Waals surface area contributed by atoms with Crippen LogP contribution in [0.3, 0.4) is 0 Å². The maximum Gasteiger partial charge on any atom is 0.0718 e. The van der Waals surface area contributed by atoms with Crippen molar-refractivity contribution in [1.82, 2.24) is 15.1 Å². The number of aryl methyl sites for hydroxylation is 3. The molecule has 3 heteroatoms. The summed E-state index contributed by atoms with van der Waals surface area (Å²) < 4.78 is 2.01. The lowest BCUT2D eigenvalue weighted by atomic mass is 9.98. The van der Waals surface area contributed by atoms with Crippen molar-refractivity contribution in [1.29, 1.82) is 0 Å². The van der Waals surface area contributed by atoms with Crippen LogP contribution in [0.1, 0.15) is 28.9 Å². The fourth-order valence-corrected chi connectivity index (χ4v) is 3.20. The van der Waals surface area contributed by atoms with Crippen molar-refractivity contribution < 1.29 is 0 Å². The van der Waals surface area contributed by atoms with Crippen molar-refractivity contribution in [2.75, 3.05) is 13.6 Å².